The Balaban J connectivity index is 1.59. The number of hydrogen-bond donors (Lipinski definition) is 1. The summed E-state index contributed by atoms with van der Waals surface area (Å²) in [5.74, 6) is 0.725. The van der Waals surface area contributed by atoms with Crippen LogP contribution in [-0.4, -0.2) is 50.3 Å². The Morgan fingerprint density at radius 3 is 2.81 bits per heavy atom. The van der Waals surface area contributed by atoms with Gasteiger partial charge >= 0.3 is 0 Å². The fraction of sp³-hybridized carbons (Fsp3) is 1.00. The van der Waals surface area contributed by atoms with Gasteiger partial charge in [-0.3, -0.25) is 0 Å². The van der Waals surface area contributed by atoms with E-state index in [4.69, 9.17) is 4.74 Å². The van der Waals surface area contributed by atoms with Crippen LogP contribution in [0.15, 0.2) is 0 Å². The SMILES string of the molecule is CC1CCNCC1OCCN1CCCCC1. The maximum absolute atomic E-state index is 5.99. The minimum atomic E-state index is 0.443. The van der Waals surface area contributed by atoms with Crippen molar-refractivity contribution in [2.45, 2.75) is 38.7 Å². The van der Waals surface area contributed by atoms with Crippen LogP contribution < -0.4 is 5.32 Å². The summed E-state index contributed by atoms with van der Waals surface area (Å²) in [6, 6.07) is 0. The van der Waals surface area contributed by atoms with Crippen molar-refractivity contribution in [1.29, 1.82) is 0 Å². The van der Waals surface area contributed by atoms with Gasteiger partial charge in [0.05, 0.1) is 12.7 Å². The zero-order chi connectivity index (χ0) is 11.2. The maximum Gasteiger partial charge on any atom is 0.0726 e. The van der Waals surface area contributed by atoms with Gasteiger partial charge in [-0.2, -0.15) is 0 Å². The van der Waals surface area contributed by atoms with E-state index >= 15 is 0 Å². The maximum atomic E-state index is 5.99. The molecule has 2 fully saturated rings. The highest BCUT2D eigenvalue weighted by atomic mass is 16.5. The minimum Gasteiger partial charge on any atom is -0.375 e. The van der Waals surface area contributed by atoms with Crippen molar-refractivity contribution in [3.63, 3.8) is 0 Å². The Bertz CT molecular complexity index is 192. The molecule has 0 aromatic heterocycles. The average Bonchev–Trinajstić information content (AvgIpc) is 2.33. The van der Waals surface area contributed by atoms with E-state index in [2.05, 4.69) is 17.1 Å². The molecular formula is C13H26N2O. The van der Waals surface area contributed by atoms with Crippen LogP contribution in [0.4, 0.5) is 0 Å². The molecule has 2 saturated heterocycles. The highest BCUT2D eigenvalue weighted by molar-refractivity contribution is 4.75. The van der Waals surface area contributed by atoms with Crippen molar-refractivity contribution in [2.24, 2.45) is 5.92 Å². The summed E-state index contributed by atoms with van der Waals surface area (Å²) in [6.45, 7) is 9.12. The summed E-state index contributed by atoms with van der Waals surface area (Å²) in [6.07, 6.45) is 5.87. The Kier molecular flexibility index (Phi) is 5.07. The molecular weight excluding hydrogens is 200 g/mol. The Morgan fingerprint density at radius 2 is 2.06 bits per heavy atom. The summed E-state index contributed by atoms with van der Waals surface area (Å²) >= 11 is 0. The molecule has 16 heavy (non-hydrogen) atoms. The third kappa shape index (κ3) is 3.72. The molecule has 2 atom stereocenters. The predicted molar refractivity (Wildman–Crippen MR) is 66.7 cm³/mol. The molecule has 3 heteroatoms. The molecule has 0 spiro atoms. The quantitative estimate of drug-likeness (QED) is 0.786. The number of nitrogens with zero attached hydrogens (tertiary/aromatic N) is 1. The molecule has 0 aromatic rings. The lowest BCUT2D eigenvalue weighted by molar-refractivity contribution is -0.00705. The fourth-order valence-corrected chi connectivity index (χ4v) is 2.70. The molecule has 2 unspecified atom stereocenters. The molecule has 0 bridgehead atoms. The molecule has 2 aliphatic heterocycles. The predicted octanol–water partition coefficient (Wildman–Crippen LogP) is 1.49. The van der Waals surface area contributed by atoms with E-state index in [1.54, 1.807) is 0 Å². The summed E-state index contributed by atoms with van der Waals surface area (Å²) in [5.41, 5.74) is 0. The van der Waals surface area contributed by atoms with Crippen molar-refractivity contribution in [2.75, 3.05) is 39.3 Å². The molecule has 0 saturated carbocycles. The number of rotatable bonds is 4. The van der Waals surface area contributed by atoms with Gasteiger partial charge in [0, 0.05) is 13.1 Å². The first-order valence-corrected chi connectivity index (χ1v) is 6.91. The smallest absolute Gasteiger partial charge is 0.0726 e. The number of likely N-dealkylation sites (tertiary alicyclic amines) is 1. The van der Waals surface area contributed by atoms with E-state index in [0.717, 1.165) is 32.2 Å². The van der Waals surface area contributed by atoms with E-state index in [9.17, 15) is 0 Å². The fourth-order valence-electron chi connectivity index (χ4n) is 2.70. The molecule has 1 N–H and O–H groups in total. The van der Waals surface area contributed by atoms with Crippen molar-refractivity contribution in [1.82, 2.24) is 10.2 Å². The zero-order valence-corrected chi connectivity index (χ0v) is 10.6. The minimum absolute atomic E-state index is 0.443. The van der Waals surface area contributed by atoms with Crippen LogP contribution in [0.3, 0.4) is 0 Å². The highest BCUT2D eigenvalue weighted by Gasteiger charge is 2.21. The van der Waals surface area contributed by atoms with Gasteiger partial charge in [0.1, 0.15) is 0 Å². The van der Waals surface area contributed by atoms with Gasteiger partial charge in [-0.25, -0.2) is 0 Å². The van der Waals surface area contributed by atoms with Gasteiger partial charge in [-0.15, -0.1) is 0 Å². The van der Waals surface area contributed by atoms with Gasteiger partial charge in [-0.1, -0.05) is 13.3 Å². The lowest BCUT2D eigenvalue weighted by Crippen LogP contribution is -2.42. The second-order valence-electron chi connectivity index (χ2n) is 5.28. The van der Waals surface area contributed by atoms with Crippen LogP contribution in [0.25, 0.3) is 0 Å². The van der Waals surface area contributed by atoms with E-state index in [1.807, 2.05) is 0 Å². The molecule has 0 amide bonds. The summed E-state index contributed by atoms with van der Waals surface area (Å²) < 4.78 is 5.99. The third-order valence-electron chi connectivity index (χ3n) is 3.94. The van der Waals surface area contributed by atoms with Gasteiger partial charge in [0.15, 0.2) is 0 Å². The number of piperidine rings is 2. The van der Waals surface area contributed by atoms with Crippen molar-refractivity contribution in [3.8, 4) is 0 Å². The largest absolute Gasteiger partial charge is 0.375 e. The Morgan fingerprint density at radius 1 is 1.25 bits per heavy atom. The molecule has 0 radical (unpaired) electrons. The van der Waals surface area contributed by atoms with E-state index in [1.165, 1.54) is 38.8 Å². The zero-order valence-electron chi connectivity index (χ0n) is 10.6. The average molecular weight is 226 g/mol. The van der Waals surface area contributed by atoms with E-state index < -0.39 is 0 Å². The molecule has 2 heterocycles. The topological polar surface area (TPSA) is 24.5 Å². The summed E-state index contributed by atoms with van der Waals surface area (Å²) in [4.78, 5) is 2.55. The lowest BCUT2D eigenvalue weighted by Gasteiger charge is -2.31. The highest BCUT2D eigenvalue weighted by Crippen LogP contribution is 2.15. The Labute approximate surface area is 99.5 Å². The molecule has 0 aromatic carbocycles. The number of nitrogens with one attached hydrogen (secondary N) is 1. The monoisotopic (exact) mass is 226 g/mol. The molecule has 2 rings (SSSR count). The standard InChI is InChI=1S/C13H26N2O/c1-12-5-6-14-11-13(12)16-10-9-15-7-3-2-4-8-15/h12-14H,2-11H2,1H3. The second-order valence-corrected chi connectivity index (χ2v) is 5.28. The first kappa shape index (κ1) is 12.3. The van der Waals surface area contributed by atoms with Gasteiger partial charge in [-0.05, 0) is 44.8 Å². The van der Waals surface area contributed by atoms with Crippen LogP contribution >= 0.6 is 0 Å². The van der Waals surface area contributed by atoms with Gasteiger partial charge in [0.2, 0.25) is 0 Å². The van der Waals surface area contributed by atoms with Crippen LogP contribution in [0.5, 0.6) is 0 Å². The van der Waals surface area contributed by atoms with Crippen LogP contribution in [0.1, 0.15) is 32.6 Å². The van der Waals surface area contributed by atoms with Crippen LogP contribution in [-0.2, 0) is 4.74 Å². The second kappa shape index (κ2) is 6.58. The molecule has 0 aliphatic carbocycles. The summed E-state index contributed by atoms with van der Waals surface area (Å²) in [7, 11) is 0. The normalized spacial score (nSPS) is 32.8. The molecule has 3 nitrogen and oxygen atoms in total. The number of hydrogen-bond acceptors (Lipinski definition) is 3. The Hall–Kier alpha value is -0.120. The number of ether oxygens (including phenoxy) is 1. The summed E-state index contributed by atoms with van der Waals surface area (Å²) in [5, 5.41) is 3.42. The van der Waals surface area contributed by atoms with Crippen molar-refractivity contribution in [3.05, 3.63) is 0 Å². The molecule has 94 valence electrons. The first-order chi connectivity index (χ1) is 7.86. The van der Waals surface area contributed by atoms with Crippen molar-refractivity contribution < 1.29 is 4.74 Å². The third-order valence-corrected chi connectivity index (χ3v) is 3.94. The lowest BCUT2D eigenvalue weighted by atomic mass is 9.97. The van der Waals surface area contributed by atoms with Crippen LogP contribution in [0.2, 0.25) is 0 Å². The van der Waals surface area contributed by atoms with E-state index in [-0.39, 0.29) is 0 Å². The van der Waals surface area contributed by atoms with E-state index in [0.29, 0.717) is 6.10 Å². The van der Waals surface area contributed by atoms with Gasteiger partial charge < -0.3 is 15.0 Å². The van der Waals surface area contributed by atoms with Gasteiger partial charge in [0.25, 0.3) is 0 Å². The first-order valence-electron chi connectivity index (χ1n) is 6.91. The van der Waals surface area contributed by atoms with Crippen molar-refractivity contribution >= 4 is 0 Å². The molecule has 2 aliphatic rings. The van der Waals surface area contributed by atoms with Crippen LogP contribution in [0, 0.1) is 5.92 Å².